The largest absolute Gasteiger partial charge is 0.497 e. The summed E-state index contributed by atoms with van der Waals surface area (Å²) in [5.41, 5.74) is 7.32. The van der Waals surface area contributed by atoms with Crippen LogP contribution in [-0.2, 0) is 0 Å². The van der Waals surface area contributed by atoms with Gasteiger partial charge >= 0.3 is 0 Å². The molecule has 1 atom stereocenters. The molecule has 0 spiro atoms. The lowest BCUT2D eigenvalue weighted by atomic mass is 10.1. The molecular formula is C16H16N2O2. The molecule has 0 bridgehead atoms. The van der Waals surface area contributed by atoms with Crippen LogP contribution in [0.15, 0.2) is 42.5 Å². The van der Waals surface area contributed by atoms with Crippen molar-refractivity contribution in [1.29, 1.82) is 5.26 Å². The van der Waals surface area contributed by atoms with Crippen molar-refractivity contribution in [3.05, 3.63) is 53.6 Å². The van der Waals surface area contributed by atoms with E-state index < -0.39 is 0 Å². The molecule has 0 amide bonds. The van der Waals surface area contributed by atoms with Gasteiger partial charge < -0.3 is 15.2 Å². The van der Waals surface area contributed by atoms with Crippen molar-refractivity contribution in [3.8, 4) is 23.3 Å². The van der Waals surface area contributed by atoms with Crippen LogP contribution in [0.2, 0.25) is 0 Å². The zero-order chi connectivity index (χ0) is 14.5. The highest BCUT2D eigenvalue weighted by Gasteiger charge is 2.09. The lowest BCUT2D eigenvalue weighted by molar-refractivity contribution is 0.408. The molecule has 0 aliphatic carbocycles. The first kappa shape index (κ1) is 13.9. The maximum atomic E-state index is 9.01. The molecule has 2 aromatic rings. The summed E-state index contributed by atoms with van der Waals surface area (Å²) < 4.78 is 11.0. The Labute approximate surface area is 118 Å². The Bertz CT molecular complexity index is 645. The van der Waals surface area contributed by atoms with Gasteiger partial charge in [-0.05, 0) is 25.1 Å². The minimum absolute atomic E-state index is 0.132. The van der Waals surface area contributed by atoms with Crippen molar-refractivity contribution in [3.63, 3.8) is 0 Å². The molecule has 4 heteroatoms. The molecule has 0 aliphatic rings. The van der Waals surface area contributed by atoms with Gasteiger partial charge in [0.25, 0.3) is 0 Å². The molecule has 2 aromatic carbocycles. The minimum Gasteiger partial charge on any atom is -0.497 e. The van der Waals surface area contributed by atoms with Crippen LogP contribution in [-0.4, -0.2) is 7.11 Å². The van der Waals surface area contributed by atoms with Crippen molar-refractivity contribution < 1.29 is 9.47 Å². The molecule has 102 valence electrons. The van der Waals surface area contributed by atoms with E-state index >= 15 is 0 Å². The van der Waals surface area contributed by atoms with E-state index in [1.54, 1.807) is 25.3 Å². The summed E-state index contributed by atoms with van der Waals surface area (Å²) in [6.45, 7) is 1.90. The summed E-state index contributed by atoms with van der Waals surface area (Å²) in [4.78, 5) is 0. The average molecular weight is 268 g/mol. The standard InChI is InChI=1S/C16H16N2O2/c1-11(18)15-5-3-4-6-16(15)20-14-8-12(10-17)7-13(9-14)19-2/h3-9,11H,18H2,1-2H3. The molecule has 0 fully saturated rings. The van der Waals surface area contributed by atoms with E-state index in [0.29, 0.717) is 22.8 Å². The second-order valence-corrected chi connectivity index (χ2v) is 4.44. The SMILES string of the molecule is COc1cc(C#N)cc(Oc2ccccc2C(C)N)c1. The van der Waals surface area contributed by atoms with Crippen molar-refractivity contribution in [2.24, 2.45) is 5.73 Å². The third kappa shape index (κ3) is 3.08. The number of nitrogens with two attached hydrogens (primary N) is 1. The van der Waals surface area contributed by atoms with Crippen molar-refractivity contribution in [1.82, 2.24) is 0 Å². The quantitative estimate of drug-likeness (QED) is 0.923. The molecule has 2 rings (SSSR count). The molecule has 0 aromatic heterocycles. The molecule has 0 saturated carbocycles. The van der Waals surface area contributed by atoms with Gasteiger partial charge in [-0.1, -0.05) is 18.2 Å². The predicted octanol–water partition coefficient (Wildman–Crippen LogP) is 3.38. The predicted molar refractivity (Wildman–Crippen MR) is 76.8 cm³/mol. The average Bonchev–Trinajstić information content (AvgIpc) is 2.47. The van der Waals surface area contributed by atoms with Gasteiger partial charge in [0.2, 0.25) is 0 Å². The van der Waals surface area contributed by atoms with Crippen LogP contribution in [0.4, 0.5) is 0 Å². The number of para-hydroxylation sites is 1. The van der Waals surface area contributed by atoms with Gasteiger partial charge in [-0.3, -0.25) is 0 Å². The molecule has 0 saturated heterocycles. The maximum absolute atomic E-state index is 9.01. The zero-order valence-corrected chi connectivity index (χ0v) is 11.5. The lowest BCUT2D eigenvalue weighted by Crippen LogP contribution is -2.06. The Balaban J connectivity index is 2.38. The fourth-order valence-electron chi connectivity index (χ4n) is 1.89. The number of hydrogen-bond acceptors (Lipinski definition) is 4. The van der Waals surface area contributed by atoms with Crippen LogP contribution in [0.3, 0.4) is 0 Å². The van der Waals surface area contributed by atoms with Crippen LogP contribution in [0.1, 0.15) is 24.1 Å². The Morgan fingerprint density at radius 3 is 2.50 bits per heavy atom. The monoisotopic (exact) mass is 268 g/mol. The lowest BCUT2D eigenvalue weighted by Gasteiger charge is -2.14. The van der Waals surface area contributed by atoms with Gasteiger partial charge in [-0.2, -0.15) is 5.26 Å². The molecule has 0 aliphatic heterocycles. The van der Waals surface area contributed by atoms with Crippen LogP contribution >= 0.6 is 0 Å². The number of hydrogen-bond donors (Lipinski definition) is 1. The molecule has 4 nitrogen and oxygen atoms in total. The van der Waals surface area contributed by atoms with Crippen molar-refractivity contribution in [2.45, 2.75) is 13.0 Å². The smallest absolute Gasteiger partial charge is 0.132 e. The third-order valence-corrected chi connectivity index (χ3v) is 2.88. The van der Waals surface area contributed by atoms with E-state index in [9.17, 15) is 0 Å². The minimum atomic E-state index is -0.132. The molecule has 20 heavy (non-hydrogen) atoms. The van der Waals surface area contributed by atoms with Gasteiger partial charge in [0.1, 0.15) is 17.2 Å². The normalized spacial score (nSPS) is 11.5. The van der Waals surface area contributed by atoms with Crippen LogP contribution in [0.25, 0.3) is 0 Å². The first-order chi connectivity index (χ1) is 9.63. The van der Waals surface area contributed by atoms with E-state index in [0.717, 1.165) is 5.56 Å². The first-order valence-corrected chi connectivity index (χ1v) is 6.25. The second-order valence-electron chi connectivity index (χ2n) is 4.44. The van der Waals surface area contributed by atoms with Crippen molar-refractivity contribution >= 4 is 0 Å². The van der Waals surface area contributed by atoms with E-state index in [1.807, 2.05) is 31.2 Å². The fourth-order valence-corrected chi connectivity index (χ4v) is 1.89. The van der Waals surface area contributed by atoms with Crippen LogP contribution in [0, 0.1) is 11.3 Å². The van der Waals surface area contributed by atoms with Crippen molar-refractivity contribution in [2.75, 3.05) is 7.11 Å². The highest BCUT2D eigenvalue weighted by molar-refractivity contribution is 5.46. The van der Waals surface area contributed by atoms with Crippen LogP contribution in [0.5, 0.6) is 17.2 Å². The molecule has 1 unspecified atom stereocenters. The van der Waals surface area contributed by atoms with Gasteiger partial charge in [0.05, 0.1) is 18.7 Å². The number of rotatable bonds is 4. The molecule has 0 radical (unpaired) electrons. The zero-order valence-electron chi connectivity index (χ0n) is 11.5. The van der Waals surface area contributed by atoms with E-state index in [1.165, 1.54) is 0 Å². The summed E-state index contributed by atoms with van der Waals surface area (Å²) in [6, 6.07) is 14.6. The Kier molecular flexibility index (Phi) is 4.24. The van der Waals surface area contributed by atoms with Gasteiger partial charge in [-0.25, -0.2) is 0 Å². The summed E-state index contributed by atoms with van der Waals surface area (Å²) in [5.74, 6) is 1.81. The number of ether oxygens (including phenoxy) is 2. The Morgan fingerprint density at radius 1 is 1.15 bits per heavy atom. The Hall–Kier alpha value is -2.51. The second kappa shape index (κ2) is 6.09. The summed E-state index contributed by atoms with van der Waals surface area (Å²) >= 11 is 0. The maximum Gasteiger partial charge on any atom is 0.132 e. The summed E-state index contributed by atoms with van der Waals surface area (Å²) in [5, 5.41) is 9.01. The Morgan fingerprint density at radius 2 is 1.85 bits per heavy atom. The summed E-state index contributed by atoms with van der Waals surface area (Å²) in [6.07, 6.45) is 0. The number of nitrogens with zero attached hydrogens (tertiary/aromatic N) is 1. The first-order valence-electron chi connectivity index (χ1n) is 6.25. The third-order valence-electron chi connectivity index (χ3n) is 2.88. The molecular weight excluding hydrogens is 252 g/mol. The fraction of sp³-hybridized carbons (Fsp3) is 0.188. The highest BCUT2D eigenvalue weighted by atomic mass is 16.5. The van der Waals surface area contributed by atoms with Gasteiger partial charge in [0, 0.05) is 17.7 Å². The van der Waals surface area contributed by atoms with E-state index in [2.05, 4.69) is 6.07 Å². The van der Waals surface area contributed by atoms with Gasteiger partial charge in [-0.15, -0.1) is 0 Å². The molecule has 2 N–H and O–H groups in total. The van der Waals surface area contributed by atoms with Crippen LogP contribution < -0.4 is 15.2 Å². The number of nitriles is 1. The van der Waals surface area contributed by atoms with E-state index in [-0.39, 0.29) is 6.04 Å². The molecule has 0 heterocycles. The van der Waals surface area contributed by atoms with E-state index in [4.69, 9.17) is 20.5 Å². The topological polar surface area (TPSA) is 68.3 Å². The summed E-state index contributed by atoms with van der Waals surface area (Å²) in [7, 11) is 1.55. The highest BCUT2D eigenvalue weighted by Crippen LogP contribution is 2.31. The number of benzene rings is 2. The van der Waals surface area contributed by atoms with Gasteiger partial charge in [0.15, 0.2) is 0 Å². The number of methoxy groups -OCH3 is 1.